The summed E-state index contributed by atoms with van der Waals surface area (Å²) in [5.74, 6) is -1.35. The third-order valence-electron chi connectivity index (χ3n) is 5.23. The zero-order valence-corrected chi connectivity index (χ0v) is 20.7. The van der Waals surface area contributed by atoms with E-state index in [1.54, 1.807) is 6.07 Å². The van der Waals surface area contributed by atoms with E-state index in [-0.39, 0.29) is 53.1 Å². The number of nitrogens with zero attached hydrogens (tertiary/aromatic N) is 4. The van der Waals surface area contributed by atoms with Gasteiger partial charge in [-0.3, -0.25) is 4.79 Å². The van der Waals surface area contributed by atoms with E-state index in [0.717, 1.165) is 16.0 Å². The van der Waals surface area contributed by atoms with Crippen molar-refractivity contribution in [3.05, 3.63) is 49.0 Å². The number of aromatic nitrogens is 3. The minimum atomic E-state index is -10.1. The van der Waals surface area contributed by atoms with Gasteiger partial charge < -0.3 is 10.4 Å². The second-order valence-electron chi connectivity index (χ2n) is 7.62. The van der Waals surface area contributed by atoms with Gasteiger partial charge in [0, 0.05) is 11.1 Å². The molecule has 4 rings (SSSR count). The number of thiazole rings is 1. The number of carbonyl (C=O) groups is 1. The Morgan fingerprint density at radius 2 is 1.83 bits per heavy atom. The number of nitrogens with one attached hydrogen (secondary N) is 1. The van der Waals surface area contributed by atoms with Crippen LogP contribution in [-0.4, -0.2) is 25.8 Å². The molecule has 2 heterocycles. The van der Waals surface area contributed by atoms with Gasteiger partial charge >= 0.3 is 16.2 Å². The van der Waals surface area contributed by atoms with Crippen LogP contribution in [0.2, 0.25) is 14.5 Å². The minimum Gasteiger partial charge on any atom is -0.481 e. The molecule has 1 aliphatic carbocycles. The number of benzene rings is 1. The molecule has 0 amide bonds. The lowest BCUT2D eigenvalue weighted by Crippen LogP contribution is -2.22. The highest BCUT2D eigenvalue weighted by atomic mass is 35.5. The zero-order valence-electron chi connectivity index (χ0n) is 16.8. The van der Waals surface area contributed by atoms with Gasteiger partial charge in [0.05, 0.1) is 27.6 Å². The molecule has 0 radical (unpaired) electrons. The summed E-state index contributed by atoms with van der Waals surface area (Å²) < 4.78 is 67.7. The van der Waals surface area contributed by atoms with Crippen LogP contribution in [0, 0.1) is 11.3 Å². The molecule has 188 valence electrons. The van der Waals surface area contributed by atoms with Crippen LogP contribution in [0.1, 0.15) is 29.0 Å². The standard InChI is InChI=1S/C18H11Cl3F5N5O2S2/c19-10-3-9(35(22,23,24,25)26)4-11(20)14(10)31-15(28-6-8-7-29-17(21)34-8)13(12(5-27)30-31)18(1-2-18)16(32)33/h3-4,7,28H,1-2,6H2,(H,32,33). The van der Waals surface area contributed by atoms with Crippen LogP contribution in [0.15, 0.2) is 23.2 Å². The zero-order chi connectivity index (χ0) is 26.0. The number of carboxylic acids is 1. The SMILES string of the molecule is N#Cc1nn(-c2c(Cl)cc(S(F)(F)(F)(F)F)cc2Cl)c(NCc2cnc(Cl)s2)c1C1(C(=O)O)CC1. The van der Waals surface area contributed by atoms with Crippen LogP contribution in [0.5, 0.6) is 0 Å². The van der Waals surface area contributed by atoms with Crippen molar-refractivity contribution >= 4 is 68.2 Å². The van der Waals surface area contributed by atoms with Gasteiger partial charge in [-0.25, -0.2) is 9.67 Å². The monoisotopic (exact) mass is 593 g/mol. The van der Waals surface area contributed by atoms with Crippen LogP contribution in [0.25, 0.3) is 5.69 Å². The van der Waals surface area contributed by atoms with Crippen LogP contribution in [0.3, 0.4) is 0 Å². The van der Waals surface area contributed by atoms with Crippen molar-refractivity contribution in [3.63, 3.8) is 0 Å². The summed E-state index contributed by atoms with van der Waals surface area (Å²) in [5, 5.41) is 24.7. The molecule has 3 aromatic rings. The smallest absolute Gasteiger partial charge is 0.314 e. The van der Waals surface area contributed by atoms with Gasteiger partial charge in [0.25, 0.3) is 0 Å². The molecular weight excluding hydrogens is 584 g/mol. The minimum absolute atomic E-state index is 0.00241. The van der Waals surface area contributed by atoms with Crippen molar-refractivity contribution in [1.82, 2.24) is 14.8 Å². The lowest BCUT2D eigenvalue weighted by atomic mass is 9.95. The number of hydrogen-bond donors (Lipinski definition) is 2. The Kier molecular flexibility index (Phi) is 5.59. The fourth-order valence-corrected chi connectivity index (χ4v) is 5.85. The van der Waals surface area contributed by atoms with E-state index in [9.17, 15) is 34.6 Å². The Labute approximate surface area is 212 Å². The Hall–Kier alpha value is -2.31. The molecule has 0 aliphatic heterocycles. The molecule has 0 unspecified atom stereocenters. The van der Waals surface area contributed by atoms with Crippen LogP contribution in [0.4, 0.5) is 25.2 Å². The number of carboxylic acid groups (broad SMARTS) is 1. The number of hydrogen-bond acceptors (Lipinski definition) is 6. The molecule has 1 aliphatic rings. The van der Waals surface area contributed by atoms with Crippen molar-refractivity contribution in [3.8, 4) is 11.8 Å². The molecule has 1 fully saturated rings. The molecule has 0 bridgehead atoms. The van der Waals surface area contributed by atoms with Crippen molar-refractivity contribution < 1.29 is 29.3 Å². The molecular formula is C18H11Cl3F5N5O2S2. The Bertz CT molecular complexity index is 1410. The van der Waals surface area contributed by atoms with E-state index in [4.69, 9.17) is 34.8 Å². The maximum Gasteiger partial charge on any atom is 0.314 e. The van der Waals surface area contributed by atoms with Crippen molar-refractivity contribution in [2.75, 3.05) is 5.32 Å². The maximum absolute atomic E-state index is 13.3. The fourth-order valence-electron chi connectivity index (χ4n) is 3.47. The summed E-state index contributed by atoms with van der Waals surface area (Å²) in [6.07, 6.45) is 1.75. The Morgan fingerprint density at radius 3 is 2.26 bits per heavy atom. The lowest BCUT2D eigenvalue weighted by Gasteiger charge is -2.40. The molecule has 1 saturated carbocycles. The average Bonchev–Trinajstić information content (AvgIpc) is 3.29. The first kappa shape index (κ1) is 25.8. The quantitative estimate of drug-likeness (QED) is 0.274. The van der Waals surface area contributed by atoms with Gasteiger partial charge in [-0.05, 0) is 25.0 Å². The number of nitriles is 1. The topological polar surface area (TPSA) is 104 Å². The van der Waals surface area contributed by atoms with Gasteiger partial charge in [0.2, 0.25) is 0 Å². The van der Waals surface area contributed by atoms with Crippen LogP contribution >= 0.6 is 56.4 Å². The third kappa shape index (κ3) is 4.75. The second-order valence-corrected chi connectivity index (χ2v) is 12.5. The lowest BCUT2D eigenvalue weighted by molar-refractivity contribution is -0.140. The number of rotatable bonds is 7. The van der Waals surface area contributed by atoms with Gasteiger partial charge in [0.15, 0.2) is 10.2 Å². The summed E-state index contributed by atoms with van der Waals surface area (Å²) in [6, 6.07) is 1.79. The molecule has 1 aromatic carbocycles. The maximum atomic E-state index is 13.3. The van der Waals surface area contributed by atoms with E-state index in [1.807, 2.05) is 0 Å². The van der Waals surface area contributed by atoms with Crippen LogP contribution in [-0.2, 0) is 16.8 Å². The summed E-state index contributed by atoms with van der Waals surface area (Å²) >= 11 is 18.9. The first-order valence-electron chi connectivity index (χ1n) is 9.31. The van der Waals surface area contributed by atoms with E-state index >= 15 is 0 Å². The number of anilines is 1. The Morgan fingerprint density at radius 1 is 1.23 bits per heavy atom. The first-order chi connectivity index (χ1) is 16.0. The molecule has 2 aromatic heterocycles. The summed E-state index contributed by atoms with van der Waals surface area (Å²) in [4.78, 5) is 14.2. The Balaban J connectivity index is 1.94. The molecule has 35 heavy (non-hydrogen) atoms. The molecule has 17 heteroatoms. The van der Waals surface area contributed by atoms with Gasteiger partial charge in [-0.2, -0.15) is 10.4 Å². The van der Waals surface area contributed by atoms with E-state index in [2.05, 4.69) is 15.4 Å². The van der Waals surface area contributed by atoms with Crippen molar-refractivity contribution in [2.45, 2.75) is 29.7 Å². The number of halogens is 8. The van der Waals surface area contributed by atoms with Gasteiger partial charge in [0.1, 0.15) is 22.5 Å². The van der Waals surface area contributed by atoms with Crippen molar-refractivity contribution in [1.29, 1.82) is 5.26 Å². The molecule has 0 spiro atoms. The molecule has 2 N–H and O–H groups in total. The second kappa shape index (κ2) is 7.59. The van der Waals surface area contributed by atoms with Crippen molar-refractivity contribution in [2.24, 2.45) is 0 Å². The third-order valence-corrected chi connectivity index (χ3v) is 8.05. The highest BCUT2D eigenvalue weighted by Gasteiger charge is 2.65. The van der Waals surface area contributed by atoms with Gasteiger partial charge in [-0.15, -0.1) is 11.3 Å². The highest BCUT2D eigenvalue weighted by molar-refractivity contribution is 8.45. The number of aliphatic carboxylic acids is 1. The fraction of sp³-hybridized carbons (Fsp3) is 0.222. The van der Waals surface area contributed by atoms with E-state index in [1.165, 1.54) is 6.20 Å². The van der Waals surface area contributed by atoms with Crippen LogP contribution < -0.4 is 5.32 Å². The van der Waals surface area contributed by atoms with E-state index in [0.29, 0.717) is 4.88 Å². The largest absolute Gasteiger partial charge is 0.481 e. The first-order valence-corrected chi connectivity index (χ1v) is 13.2. The predicted molar refractivity (Wildman–Crippen MR) is 123 cm³/mol. The summed E-state index contributed by atoms with van der Waals surface area (Å²) in [5.41, 5.74) is -2.32. The van der Waals surface area contributed by atoms with E-state index < -0.39 is 42.2 Å². The molecule has 0 atom stereocenters. The molecule has 0 saturated heterocycles. The highest BCUT2D eigenvalue weighted by Crippen LogP contribution is 3.02. The van der Waals surface area contributed by atoms with Gasteiger partial charge in [-0.1, -0.05) is 54.2 Å². The summed E-state index contributed by atoms with van der Waals surface area (Å²) in [6.45, 7) is 0.00241. The predicted octanol–water partition coefficient (Wildman–Crippen LogP) is 7.55. The average molecular weight is 595 g/mol. The molecule has 7 nitrogen and oxygen atoms in total. The summed E-state index contributed by atoms with van der Waals surface area (Å²) in [7, 11) is -10.1. The normalized spacial score (nSPS) is 16.8.